The van der Waals surface area contributed by atoms with Crippen molar-refractivity contribution in [1.29, 1.82) is 0 Å². The molecule has 0 bridgehead atoms. The lowest BCUT2D eigenvalue weighted by Gasteiger charge is -2.08. The lowest BCUT2D eigenvalue weighted by Crippen LogP contribution is -2.25. The van der Waals surface area contributed by atoms with Crippen molar-refractivity contribution >= 4 is 11.7 Å². The molecule has 2 aromatic rings. The maximum absolute atomic E-state index is 11.9. The number of carbonyl (C=O) groups is 1. The van der Waals surface area contributed by atoms with E-state index in [1.165, 1.54) is 5.56 Å². The summed E-state index contributed by atoms with van der Waals surface area (Å²) in [5.41, 5.74) is 1.68. The summed E-state index contributed by atoms with van der Waals surface area (Å²) in [5.74, 6) is 1.03. The number of hydrogen-bond acceptors (Lipinski definition) is 4. The van der Waals surface area contributed by atoms with E-state index < -0.39 is 0 Å². The Bertz CT molecular complexity index is 655. The third-order valence-corrected chi connectivity index (χ3v) is 3.27. The average molecular weight is 310 g/mol. The summed E-state index contributed by atoms with van der Waals surface area (Å²) in [6, 6.07) is 12.0. The van der Waals surface area contributed by atoms with Crippen LogP contribution in [0.15, 0.2) is 49.1 Å². The van der Waals surface area contributed by atoms with Gasteiger partial charge in [0.15, 0.2) is 0 Å². The minimum absolute atomic E-state index is 0.220. The van der Waals surface area contributed by atoms with Gasteiger partial charge < -0.3 is 10.6 Å². The number of aryl methyl sites for hydroxylation is 2. The smallest absolute Gasteiger partial charge is 0.270 e. The Morgan fingerprint density at radius 2 is 2.04 bits per heavy atom. The van der Waals surface area contributed by atoms with Crippen LogP contribution in [0.5, 0.6) is 0 Å². The first-order valence-corrected chi connectivity index (χ1v) is 7.71. The zero-order valence-electron chi connectivity index (χ0n) is 13.4. The fourth-order valence-corrected chi connectivity index (χ4v) is 2.18. The maximum atomic E-state index is 11.9. The van der Waals surface area contributed by atoms with Gasteiger partial charge in [0.05, 0.1) is 0 Å². The van der Waals surface area contributed by atoms with Crippen molar-refractivity contribution in [3.63, 3.8) is 0 Å². The molecule has 1 heterocycles. The lowest BCUT2D eigenvalue weighted by molar-refractivity contribution is 0.0952. The zero-order valence-corrected chi connectivity index (χ0v) is 13.4. The Hall–Kier alpha value is -2.69. The summed E-state index contributed by atoms with van der Waals surface area (Å²) in [5, 5.41) is 5.97. The summed E-state index contributed by atoms with van der Waals surface area (Å²) in [7, 11) is 0. The van der Waals surface area contributed by atoms with Gasteiger partial charge in [0, 0.05) is 19.2 Å². The number of hydrogen-bond donors (Lipinski definition) is 2. The molecular formula is C18H22N4O. The Kier molecular flexibility index (Phi) is 6.29. The summed E-state index contributed by atoms with van der Waals surface area (Å²) >= 11 is 0. The second kappa shape index (κ2) is 8.68. The van der Waals surface area contributed by atoms with E-state index in [0.29, 0.717) is 23.9 Å². The second-order valence-electron chi connectivity index (χ2n) is 5.20. The Morgan fingerprint density at radius 3 is 2.78 bits per heavy atom. The topological polar surface area (TPSA) is 66.9 Å². The highest BCUT2D eigenvalue weighted by Gasteiger charge is 2.09. The van der Waals surface area contributed by atoms with Gasteiger partial charge in [-0.1, -0.05) is 36.4 Å². The largest absolute Gasteiger partial charge is 0.370 e. The molecule has 0 atom stereocenters. The van der Waals surface area contributed by atoms with Gasteiger partial charge in [-0.2, -0.15) is 0 Å². The van der Waals surface area contributed by atoms with Gasteiger partial charge in [-0.25, -0.2) is 9.97 Å². The van der Waals surface area contributed by atoms with Gasteiger partial charge >= 0.3 is 0 Å². The predicted molar refractivity (Wildman–Crippen MR) is 92.6 cm³/mol. The summed E-state index contributed by atoms with van der Waals surface area (Å²) in [6.07, 6.45) is 3.63. The molecule has 1 amide bonds. The fraction of sp³-hybridized carbons (Fsp3) is 0.278. The molecule has 1 aromatic heterocycles. The SMILES string of the molecule is C=CCNC(=O)c1cc(NCCCc2ccccc2)nc(C)n1. The molecule has 23 heavy (non-hydrogen) atoms. The van der Waals surface area contributed by atoms with Crippen molar-refractivity contribution in [1.82, 2.24) is 15.3 Å². The van der Waals surface area contributed by atoms with Crippen molar-refractivity contribution < 1.29 is 4.79 Å². The molecule has 0 aliphatic heterocycles. The molecule has 120 valence electrons. The Balaban J connectivity index is 1.88. The molecule has 1 aromatic carbocycles. The highest BCUT2D eigenvalue weighted by molar-refractivity contribution is 5.93. The van der Waals surface area contributed by atoms with E-state index in [2.05, 4.69) is 39.3 Å². The molecule has 5 nitrogen and oxygen atoms in total. The van der Waals surface area contributed by atoms with Crippen molar-refractivity contribution in [2.75, 3.05) is 18.4 Å². The summed E-state index contributed by atoms with van der Waals surface area (Å²) in [6.45, 7) is 6.56. The fourth-order valence-electron chi connectivity index (χ4n) is 2.18. The minimum atomic E-state index is -0.220. The molecule has 2 rings (SSSR count). The molecular weight excluding hydrogens is 288 g/mol. The first kappa shape index (κ1) is 16.7. The Morgan fingerprint density at radius 1 is 1.26 bits per heavy atom. The van der Waals surface area contributed by atoms with Gasteiger partial charge in [-0.3, -0.25) is 4.79 Å². The van der Waals surface area contributed by atoms with Crippen molar-refractivity contribution in [2.45, 2.75) is 19.8 Å². The molecule has 0 saturated heterocycles. The first-order valence-electron chi connectivity index (χ1n) is 7.71. The number of benzene rings is 1. The number of rotatable bonds is 8. The van der Waals surface area contributed by atoms with Crippen LogP contribution < -0.4 is 10.6 Å². The van der Waals surface area contributed by atoms with Crippen LogP contribution in [0.4, 0.5) is 5.82 Å². The van der Waals surface area contributed by atoms with Crippen LogP contribution in [0.1, 0.15) is 28.3 Å². The first-order chi connectivity index (χ1) is 11.2. The molecule has 2 N–H and O–H groups in total. The van der Waals surface area contributed by atoms with Crippen molar-refractivity contribution in [2.24, 2.45) is 0 Å². The summed E-state index contributed by atoms with van der Waals surface area (Å²) < 4.78 is 0. The van der Waals surface area contributed by atoms with Crippen molar-refractivity contribution in [3.8, 4) is 0 Å². The predicted octanol–water partition coefficient (Wildman–Crippen LogP) is 2.75. The number of nitrogens with zero attached hydrogens (tertiary/aromatic N) is 2. The van der Waals surface area contributed by atoms with E-state index in [4.69, 9.17) is 0 Å². The normalized spacial score (nSPS) is 10.1. The van der Waals surface area contributed by atoms with Gasteiger partial charge in [-0.15, -0.1) is 6.58 Å². The van der Waals surface area contributed by atoms with Gasteiger partial charge in [0.25, 0.3) is 5.91 Å². The van der Waals surface area contributed by atoms with E-state index in [1.54, 1.807) is 19.1 Å². The molecule has 0 fully saturated rings. The van der Waals surface area contributed by atoms with Gasteiger partial charge in [-0.05, 0) is 25.3 Å². The Labute approximate surface area is 136 Å². The maximum Gasteiger partial charge on any atom is 0.270 e. The van der Waals surface area contributed by atoms with E-state index in [9.17, 15) is 4.79 Å². The van der Waals surface area contributed by atoms with Crippen LogP contribution in [-0.2, 0) is 6.42 Å². The van der Waals surface area contributed by atoms with Crippen molar-refractivity contribution in [3.05, 3.63) is 66.1 Å². The van der Waals surface area contributed by atoms with E-state index >= 15 is 0 Å². The number of carbonyl (C=O) groups excluding carboxylic acids is 1. The molecule has 0 radical (unpaired) electrons. The highest BCUT2D eigenvalue weighted by atomic mass is 16.1. The third kappa shape index (κ3) is 5.54. The van der Waals surface area contributed by atoms with Gasteiger partial charge in [0.1, 0.15) is 17.3 Å². The molecule has 5 heteroatoms. The van der Waals surface area contributed by atoms with Crippen LogP contribution in [0.25, 0.3) is 0 Å². The minimum Gasteiger partial charge on any atom is -0.370 e. The van der Waals surface area contributed by atoms with E-state index in [1.807, 2.05) is 18.2 Å². The molecule has 0 spiro atoms. The highest BCUT2D eigenvalue weighted by Crippen LogP contribution is 2.08. The number of amides is 1. The summed E-state index contributed by atoms with van der Waals surface area (Å²) in [4.78, 5) is 20.4. The van der Waals surface area contributed by atoms with Crippen LogP contribution in [-0.4, -0.2) is 29.0 Å². The average Bonchev–Trinajstić information content (AvgIpc) is 2.57. The molecule has 0 aliphatic carbocycles. The monoisotopic (exact) mass is 310 g/mol. The number of anilines is 1. The molecule has 0 saturated carbocycles. The standard InChI is InChI=1S/C18H22N4O/c1-3-11-20-18(23)16-13-17(22-14(2)21-16)19-12-7-10-15-8-5-4-6-9-15/h3-6,8-9,13H,1,7,10-12H2,2H3,(H,20,23)(H,19,21,22). The quantitative estimate of drug-likeness (QED) is 0.581. The second-order valence-corrected chi connectivity index (χ2v) is 5.20. The molecule has 0 unspecified atom stereocenters. The number of aromatic nitrogens is 2. The van der Waals surface area contributed by atoms with Crippen LogP contribution in [0, 0.1) is 6.92 Å². The molecule has 0 aliphatic rings. The van der Waals surface area contributed by atoms with Gasteiger partial charge in [0.2, 0.25) is 0 Å². The third-order valence-electron chi connectivity index (χ3n) is 3.27. The van der Waals surface area contributed by atoms with Crippen LogP contribution in [0.2, 0.25) is 0 Å². The van der Waals surface area contributed by atoms with E-state index in [-0.39, 0.29) is 5.91 Å². The lowest BCUT2D eigenvalue weighted by atomic mass is 10.1. The van der Waals surface area contributed by atoms with Crippen LogP contribution >= 0.6 is 0 Å². The number of nitrogens with one attached hydrogen (secondary N) is 2. The van der Waals surface area contributed by atoms with Crippen LogP contribution in [0.3, 0.4) is 0 Å². The zero-order chi connectivity index (χ0) is 16.5. The van der Waals surface area contributed by atoms with E-state index in [0.717, 1.165) is 19.4 Å².